The Kier molecular flexibility index (Phi) is 4.01. The maximum absolute atomic E-state index is 12.2. The molecule has 1 aliphatic rings. The van der Waals surface area contributed by atoms with E-state index < -0.39 is 5.60 Å². The summed E-state index contributed by atoms with van der Waals surface area (Å²) in [5, 5.41) is 0. The van der Waals surface area contributed by atoms with E-state index in [1.165, 1.54) is 0 Å². The number of ether oxygens (including phenoxy) is 1. The summed E-state index contributed by atoms with van der Waals surface area (Å²) in [4.78, 5) is 14.0. The highest BCUT2D eigenvalue weighted by atomic mass is 16.6. The molecule has 0 spiro atoms. The highest BCUT2D eigenvalue weighted by Gasteiger charge is 2.43. The molecule has 4 heteroatoms. The van der Waals surface area contributed by atoms with Crippen LogP contribution >= 0.6 is 0 Å². The Balaban J connectivity index is 2.78. The van der Waals surface area contributed by atoms with Crippen LogP contribution in [0.3, 0.4) is 0 Å². The quantitative estimate of drug-likeness (QED) is 0.785. The average Bonchev–Trinajstić information content (AvgIpc) is 2.12. The van der Waals surface area contributed by atoms with Crippen molar-refractivity contribution in [3.05, 3.63) is 0 Å². The molecule has 1 unspecified atom stereocenters. The third-order valence-electron chi connectivity index (χ3n) is 3.64. The molecule has 0 aliphatic carbocycles. The lowest BCUT2D eigenvalue weighted by Gasteiger charge is -2.49. The summed E-state index contributed by atoms with van der Waals surface area (Å²) in [6.07, 6.45) is 1.63. The summed E-state index contributed by atoms with van der Waals surface area (Å²) in [7, 11) is 0. The highest BCUT2D eigenvalue weighted by Crippen LogP contribution is 2.39. The third kappa shape index (κ3) is 3.61. The number of hydrogen-bond donors (Lipinski definition) is 1. The number of nitrogens with zero attached hydrogens (tertiary/aromatic N) is 1. The fraction of sp³-hybridized carbons (Fsp3) is 0.929. The summed E-state index contributed by atoms with van der Waals surface area (Å²) in [6.45, 7) is 13.4. The molecule has 18 heavy (non-hydrogen) atoms. The minimum atomic E-state index is -0.443. The molecule has 2 N–H and O–H groups in total. The first-order valence-corrected chi connectivity index (χ1v) is 6.70. The zero-order valence-corrected chi connectivity index (χ0v) is 12.7. The molecule has 1 fully saturated rings. The molecule has 1 rings (SSSR count). The number of piperidine rings is 1. The second kappa shape index (κ2) is 4.72. The number of carbonyl (C=O) groups excluding carboxylic acids is 1. The van der Waals surface area contributed by atoms with Crippen LogP contribution in [0.15, 0.2) is 0 Å². The summed E-state index contributed by atoms with van der Waals surface area (Å²) in [6, 6.07) is 0. The molecule has 0 aromatic carbocycles. The molecule has 1 amide bonds. The molecule has 0 radical (unpaired) electrons. The van der Waals surface area contributed by atoms with Gasteiger partial charge in [0.1, 0.15) is 5.60 Å². The van der Waals surface area contributed by atoms with Crippen LogP contribution in [0.2, 0.25) is 0 Å². The van der Waals surface area contributed by atoms with Crippen molar-refractivity contribution in [2.24, 2.45) is 11.1 Å². The van der Waals surface area contributed by atoms with Crippen molar-refractivity contribution in [2.45, 2.75) is 65.5 Å². The SMILES string of the molecule is CC1(CN)CCN(C(=O)OC(C)(C)C)C(C)(C)C1. The van der Waals surface area contributed by atoms with Crippen molar-refractivity contribution in [3.63, 3.8) is 0 Å². The molecule has 1 atom stereocenters. The van der Waals surface area contributed by atoms with Crippen molar-refractivity contribution in [1.29, 1.82) is 0 Å². The molecule has 0 aromatic heterocycles. The van der Waals surface area contributed by atoms with Gasteiger partial charge in [-0.05, 0) is 59.4 Å². The van der Waals surface area contributed by atoms with Crippen LogP contribution in [-0.2, 0) is 4.74 Å². The van der Waals surface area contributed by atoms with Crippen LogP contribution in [0.5, 0.6) is 0 Å². The van der Waals surface area contributed by atoms with Gasteiger partial charge in [-0.15, -0.1) is 0 Å². The fourth-order valence-electron chi connectivity index (χ4n) is 2.74. The molecule has 1 saturated heterocycles. The van der Waals surface area contributed by atoms with Crippen molar-refractivity contribution in [1.82, 2.24) is 4.90 Å². The van der Waals surface area contributed by atoms with Gasteiger partial charge >= 0.3 is 6.09 Å². The Morgan fingerprint density at radius 1 is 1.33 bits per heavy atom. The zero-order valence-electron chi connectivity index (χ0n) is 12.7. The summed E-state index contributed by atoms with van der Waals surface area (Å²) in [5.74, 6) is 0. The highest BCUT2D eigenvalue weighted by molar-refractivity contribution is 5.69. The van der Waals surface area contributed by atoms with E-state index in [1.807, 2.05) is 25.7 Å². The number of rotatable bonds is 1. The first-order chi connectivity index (χ1) is 7.99. The van der Waals surface area contributed by atoms with E-state index in [0.717, 1.165) is 19.4 Å². The van der Waals surface area contributed by atoms with E-state index in [1.54, 1.807) is 0 Å². The van der Waals surface area contributed by atoms with E-state index in [-0.39, 0.29) is 17.0 Å². The van der Waals surface area contributed by atoms with E-state index in [4.69, 9.17) is 10.5 Å². The van der Waals surface area contributed by atoms with Crippen LogP contribution in [0.1, 0.15) is 54.4 Å². The zero-order chi connectivity index (χ0) is 14.2. The largest absolute Gasteiger partial charge is 0.444 e. The molecular formula is C14H28N2O2. The Labute approximate surface area is 111 Å². The Hall–Kier alpha value is -0.770. The number of carbonyl (C=O) groups is 1. The maximum atomic E-state index is 12.2. The topological polar surface area (TPSA) is 55.6 Å². The lowest BCUT2D eigenvalue weighted by molar-refractivity contribution is -0.0281. The second-order valence-electron chi connectivity index (χ2n) is 7.39. The predicted octanol–water partition coefficient (Wildman–Crippen LogP) is 2.76. The molecule has 0 bridgehead atoms. The standard InChI is InChI=1S/C14H28N2O2/c1-12(2,3)18-11(17)16-8-7-14(6,10-15)9-13(16,4)5/h7-10,15H2,1-6H3. The first kappa shape index (κ1) is 15.3. The number of nitrogens with two attached hydrogens (primary N) is 1. The van der Waals surface area contributed by atoms with Gasteiger partial charge in [-0.2, -0.15) is 0 Å². The van der Waals surface area contributed by atoms with Crippen LogP contribution < -0.4 is 5.73 Å². The molecule has 4 nitrogen and oxygen atoms in total. The van der Waals surface area contributed by atoms with E-state index >= 15 is 0 Å². The molecule has 0 saturated carbocycles. The first-order valence-electron chi connectivity index (χ1n) is 6.70. The van der Waals surface area contributed by atoms with Gasteiger partial charge in [0.15, 0.2) is 0 Å². The molecule has 1 heterocycles. The number of likely N-dealkylation sites (tertiary alicyclic amines) is 1. The summed E-state index contributed by atoms with van der Waals surface area (Å²) < 4.78 is 5.47. The average molecular weight is 256 g/mol. The van der Waals surface area contributed by atoms with Gasteiger partial charge in [-0.1, -0.05) is 6.92 Å². The summed E-state index contributed by atoms with van der Waals surface area (Å²) in [5.41, 5.74) is 5.33. The van der Waals surface area contributed by atoms with Crippen LogP contribution in [-0.4, -0.2) is 35.2 Å². The Morgan fingerprint density at radius 2 is 1.89 bits per heavy atom. The minimum absolute atomic E-state index is 0.127. The molecule has 1 aliphatic heterocycles. The monoisotopic (exact) mass is 256 g/mol. The van der Waals surface area contributed by atoms with Gasteiger partial charge < -0.3 is 15.4 Å². The molecular weight excluding hydrogens is 228 g/mol. The van der Waals surface area contributed by atoms with Crippen molar-refractivity contribution in [2.75, 3.05) is 13.1 Å². The van der Waals surface area contributed by atoms with Crippen molar-refractivity contribution in [3.8, 4) is 0 Å². The Bertz CT molecular complexity index is 320. The normalized spacial score (nSPS) is 28.1. The van der Waals surface area contributed by atoms with Crippen LogP contribution in [0.25, 0.3) is 0 Å². The van der Waals surface area contributed by atoms with E-state index in [0.29, 0.717) is 6.54 Å². The summed E-state index contributed by atoms with van der Waals surface area (Å²) >= 11 is 0. The lowest BCUT2D eigenvalue weighted by Crippen LogP contribution is -2.57. The maximum Gasteiger partial charge on any atom is 0.410 e. The Morgan fingerprint density at radius 3 is 2.28 bits per heavy atom. The van der Waals surface area contributed by atoms with E-state index in [2.05, 4.69) is 20.8 Å². The van der Waals surface area contributed by atoms with Gasteiger partial charge in [0.05, 0.1) is 0 Å². The lowest BCUT2D eigenvalue weighted by atomic mass is 9.72. The molecule has 0 aromatic rings. The third-order valence-corrected chi connectivity index (χ3v) is 3.64. The van der Waals surface area contributed by atoms with Gasteiger partial charge in [0.25, 0.3) is 0 Å². The minimum Gasteiger partial charge on any atom is -0.444 e. The van der Waals surface area contributed by atoms with Gasteiger partial charge in [0, 0.05) is 12.1 Å². The number of amides is 1. The van der Waals surface area contributed by atoms with Gasteiger partial charge in [-0.25, -0.2) is 4.79 Å². The van der Waals surface area contributed by atoms with Crippen LogP contribution in [0.4, 0.5) is 4.79 Å². The predicted molar refractivity (Wildman–Crippen MR) is 73.4 cm³/mol. The molecule has 106 valence electrons. The van der Waals surface area contributed by atoms with Crippen molar-refractivity contribution < 1.29 is 9.53 Å². The van der Waals surface area contributed by atoms with Crippen LogP contribution in [0, 0.1) is 5.41 Å². The van der Waals surface area contributed by atoms with Gasteiger partial charge in [0.2, 0.25) is 0 Å². The van der Waals surface area contributed by atoms with Gasteiger partial charge in [-0.3, -0.25) is 0 Å². The fourth-order valence-corrected chi connectivity index (χ4v) is 2.74. The smallest absolute Gasteiger partial charge is 0.410 e. The second-order valence-corrected chi connectivity index (χ2v) is 7.39. The van der Waals surface area contributed by atoms with E-state index in [9.17, 15) is 4.79 Å². The van der Waals surface area contributed by atoms with Crippen molar-refractivity contribution >= 4 is 6.09 Å². The number of hydrogen-bond acceptors (Lipinski definition) is 3.